The number of amides is 1. The fraction of sp³-hybridized carbons (Fsp3) is 0.200. The maximum absolute atomic E-state index is 14.5. The van der Waals surface area contributed by atoms with Crippen LogP contribution in [0.2, 0.25) is 5.02 Å². The van der Waals surface area contributed by atoms with Crippen molar-refractivity contribution in [2.75, 3.05) is 29.9 Å². The molecule has 1 amide bonds. The Hall–Kier alpha value is -4.38. The van der Waals surface area contributed by atoms with E-state index in [4.69, 9.17) is 11.6 Å². The lowest BCUT2D eigenvalue weighted by molar-refractivity contribution is -0.120. The summed E-state index contributed by atoms with van der Waals surface area (Å²) in [5.74, 6) is -1.49. The molecule has 1 aliphatic rings. The van der Waals surface area contributed by atoms with E-state index in [9.17, 15) is 19.1 Å². The Balaban J connectivity index is 1.47. The van der Waals surface area contributed by atoms with Crippen LogP contribution in [-0.2, 0) is 4.79 Å². The Kier molecular flexibility index (Phi) is 6.53. The maximum atomic E-state index is 14.5. The molecular weight excluding hydrogens is 501 g/mol. The van der Waals surface area contributed by atoms with Crippen molar-refractivity contribution in [1.82, 2.24) is 25.3 Å². The average Bonchev–Trinajstić information content (AvgIpc) is 2.90. The second kappa shape index (κ2) is 9.94. The molecule has 37 heavy (non-hydrogen) atoms. The van der Waals surface area contributed by atoms with Crippen molar-refractivity contribution >= 4 is 46.0 Å². The zero-order valence-corrected chi connectivity index (χ0v) is 20.3. The number of nitrogens with zero attached hydrogens (tertiary/aromatic N) is 5. The smallest absolute Gasteiger partial charge is 0.354 e. The van der Waals surface area contributed by atoms with E-state index < -0.39 is 17.8 Å². The molecule has 1 fully saturated rings. The van der Waals surface area contributed by atoms with Crippen molar-refractivity contribution in [2.24, 2.45) is 0 Å². The summed E-state index contributed by atoms with van der Waals surface area (Å²) in [5.41, 5.74) is 2.38. The fourth-order valence-corrected chi connectivity index (χ4v) is 4.31. The number of carboxylic acid groups (broad SMARTS) is 1. The van der Waals surface area contributed by atoms with Crippen LogP contribution in [0.3, 0.4) is 0 Å². The van der Waals surface area contributed by atoms with Crippen LogP contribution >= 0.6 is 11.6 Å². The van der Waals surface area contributed by atoms with Gasteiger partial charge in [-0.25, -0.2) is 24.1 Å². The van der Waals surface area contributed by atoms with Crippen molar-refractivity contribution in [2.45, 2.75) is 13.0 Å². The molecule has 12 heteroatoms. The van der Waals surface area contributed by atoms with Gasteiger partial charge in [0.15, 0.2) is 0 Å². The number of carbonyl (C=O) groups is 2. The minimum absolute atomic E-state index is 0.0486. The first-order valence-corrected chi connectivity index (χ1v) is 11.8. The first-order chi connectivity index (χ1) is 17.8. The molecule has 0 aliphatic carbocycles. The number of piperazine rings is 1. The number of pyridine rings is 2. The van der Waals surface area contributed by atoms with Gasteiger partial charge in [-0.15, -0.1) is 0 Å². The van der Waals surface area contributed by atoms with E-state index in [1.165, 1.54) is 6.20 Å². The van der Waals surface area contributed by atoms with E-state index in [-0.39, 0.29) is 23.8 Å². The second-order valence-electron chi connectivity index (χ2n) is 8.49. The number of benzene rings is 1. The molecule has 4 heterocycles. The van der Waals surface area contributed by atoms with E-state index in [1.807, 2.05) is 23.1 Å². The van der Waals surface area contributed by atoms with Gasteiger partial charge in [-0.1, -0.05) is 17.7 Å². The first-order valence-electron chi connectivity index (χ1n) is 11.4. The topological polar surface area (TPSA) is 133 Å². The molecule has 3 aromatic heterocycles. The summed E-state index contributed by atoms with van der Waals surface area (Å²) in [6, 6.07) is 7.06. The number of aromatic carboxylic acids is 1. The lowest BCUT2D eigenvalue weighted by atomic mass is 10.0. The number of carbonyl (C=O) groups excluding carboxylic acids is 1. The van der Waals surface area contributed by atoms with E-state index >= 15 is 0 Å². The van der Waals surface area contributed by atoms with Gasteiger partial charge in [-0.2, -0.15) is 0 Å². The number of hydrogen-bond donors (Lipinski definition) is 3. The summed E-state index contributed by atoms with van der Waals surface area (Å²) < 4.78 is 14.5. The van der Waals surface area contributed by atoms with E-state index in [2.05, 4.69) is 30.6 Å². The van der Waals surface area contributed by atoms with Gasteiger partial charge in [0.05, 0.1) is 34.5 Å². The normalized spacial score (nSPS) is 14.4. The molecule has 0 saturated carbocycles. The largest absolute Gasteiger partial charge is 0.477 e. The van der Waals surface area contributed by atoms with E-state index in [0.717, 1.165) is 23.3 Å². The predicted molar refractivity (Wildman–Crippen MR) is 136 cm³/mol. The summed E-state index contributed by atoms with van der Waals surface area (Å²) in [4.78, 5) is 42.0. The van der Waals surface area contributed by atoms with Crippen LogP contribution in [0.15, 0.2) is 48.9 Å². The molecule has 0 radical (unpaired) electrons. The van der Waals surface area contributed by atoms with Gasteiger partial charge in [0.2, 0.25) is 11.9 Å². The van der Waals surface area contributed by atoms with Gasteiger partial charge < -0.3 is 20.6 Å². The van der Waals surface area contributed by atoms with Crippen molar-refractivity contribution in [3.8, 4) is 11.1 Å². The lowest BCUT2D eigenvalue weighted by Crippen LogP contribution is -2.48. The lowest BCUT2D eigenvalue weighted by Gasteiger charge is -2.26. The zero-order valence-electron chi connectivity index (χ0n) is 19.6. The summed E-state index contributed by atoms with van der Waals surface area (Å²) in [6.45, 7) is 3.04. The fourth-order valence-electron chi connectivity index (χ4n) is 4.10. The Morgan fingerprint density at radius 1 is 1.16 bits per heavy atom. The minimum atomic E-state index is -1.25. The molecule has 0 spiro atoms. The SMILES string of the molecule is CC(Nc1c(Cl)cnc2ccc(-c3cnc(N4CCNC(=O)C4)nc3)cc12)c1nc(C(=O)O)ccc1F. The molecule has 4 aromatic rings. The van der Waals surface area contributed by atoms with Crippen LogP contribution < -0.4 is 15.5 Å². The standard InChI is InChI=1S/C25H21ClFN7O3/c1-13(22-18(27)3-5-20(33-22)24(36)37)32-23-16-8-14(2-4-19(16)29-11-17(23)26)15-9-30-25(31-10-15)34-7-6-28-21(35)12-34/h2-5,8-11,13H,6-7,12H2,1H3,(H,28,35)(H,29,32)(H,36,37). The highest BCUT2D eigenvalue weighted by atomic mass is 35.5. The molecule has 1 aliphatic heterocycles. The quantitative estimate of drug-likeness (QED) is 0.347. The molecule has 1 atom stereocenters. The Morgan fingerprint density at radius 3 is 2.68 bits per heavy atom. The van der Waals surface area contributed by atoms with Crippen molar-refractivity contribution in [3.05, 3.63) is 71.2 Å². The summed E-state index contributed by atoms with van der Waals surface area (Å²) in [7, 11) is 0. The number of anilines is 2. The Morgan fingerprint density at radius 2 is 1.95 bits per heavy atom. The summed E-state index contributed by atoms with van der Waals surface area (Å²) >= 11 is 6.48. The summed E-state index contributed by atoms with van der Waals surface area (Å²) in [6.07, 6.45) is 4.85. The summed E-state index contributed by atoms with van der Waals surface area (Å²) in [5, 5.41) is 16.1. The van der Waals surface area contributed by atoms with Crippen molar-refractivity contribution < 1.29 is 19.1 Å². The number of halogens is 2. The van der Waals surface area contributed by atoms with Gasteiger partial charge in [-0.05, 0) is 36.8 Å². The van der Waals surface area contributed by atoms with E-state index in [0.29, 0.717) is 40.7 Å². The van der Waals surface area contributed by atoms with Crippen molar-refractivity contribution in [1.29, 1.82) is 0 Å². The highest BCUT2D eigenvalue weighted by molar-refractivity contribution is 6.34. The second-order valence-corrected chi connectivity index (χ2v) is 8.90. The molecule has 5 rings (SSSR count). The van der Waals surface area contributed by atoms with Crippen LogP contribution in [-0.4, -0.2) is 56.6 Å². The monoisotopic (exact) mass is 521 g/mol. The Labute approximate surface area is 215 Å². The number of carboxylic acids is 1. The molecule has 3 N–H and O–H groups in total. The highest BCUT2D eigenvalue weighted by Gasteiger charge is 2.20. The average molecular weight is 522 g/mol. The van der Waals surface area contributed by atoms with Crippen molar-refractivity contribution in [3.63, 3.8) is 0 Å². The van der Waals surface area contributed by atoms with Gasteiger partial charge >= 0.3 is 5.97 Å². The molecule has 188 valence electrons. The Bertz CT molecular complexity index is 1520. The van der Waals surface area contributed by atoms with Gasteiger partial charge in [0.25, 0.3) is 0 Å². The molecule has 10 nitrogen and oxygen atoms in total. The molecule has 1 unspecified atom stereocenters. The van der Waals surface area contributed by atoms with Crippen LogP contribution in [0.4, 0.5) is 16.0 Å². The molecule has 1 aromatic carbocycles. The van der Waals surface area contributed by atoms with Gasteiger partial charge in [-0.3, -0.25) is 9.78 Å². The van der Waals surface area contributed by atoms with Crippen LogP contribution in [0.5, 0.6) is 0 Å². The third-order valence-electron chi connectivity index (χ3n) is 5.98. The maximum Gasteiger partial charge on any atom is 0.354 e. The molecule has 0 bridgehead atoms. The number of nitrogens with one attached hydrogen (secondary N) is 2. The minimum Gasteiger partial charge on any atom is -0.477 e. The molecule has 1 saturated heterocycles. The van der Waals surface area contributed by atoms with Gasteiger partial charge in [0.1, 0.15) is 11.5 Å². The number of fused-ring (bicyclic) bond motifs is 1. The predicted octanol–water partition coefficient (Wildman–Crippen LogP) is 3.69. The van der Waals surface area contributed by atoms with Crippen LogP contribution in [0.25, 0.3) is 22.0 Å². The highest BCUT2D eigenvalue weighted by Crippen LogP contribution is 2.35. The third-order valence-corrected chi connectivity index (χ3v) is 6.26. The van der Waals surface area contributed by atoms with Crippen LogP contribution in [0.1, 0.15) is 29.1 Å². The zero-order chi connectivity index (χ0) is 26.1. The van der Waals surface area contributed by atoms with Gasteiger partial charge in [0, 0.05) is 42.6 Å². The number of aromatic nitrogens is 4. The third kappa shape index (κ3) is 4.98. The first kappa shape index (κ1) is 24.3. The molecular formula is C25H21ClFN7O3. The van der Waals surface area contributed by atoms with Crippen LogP contribution in [0, 0.1) is 5.82 Å². The number of hydrogen-bond acceptors (Lipinski definition) is 8. The number of rotatable bonds is 6. The van der Waals surface area contributed by atoms with E-state index in [1.54, 1.807) is 19.3 Å².